The zero-order valence-corrected chi connectivity index (χ0v) is 15.2. The van der Waals surface area contributed by atoms with Crippen LogP contribution in [0.1, 0.15) is 24.1 Å². The molecule has 0 unspecified atom stereocenters. The lowest BCUT2D eigenvalue weighted by Crippen LogP contribution is -2.46. The average molecular weight is 406 g/mol. The number of nitrogens with one attached hydrogen (secondary N) is 1. The van der Waals surface area contributed by atoms with Gasteiger partial charge in [-0.25, -0.2) is 9.37 Å². The van der Waals surface area contributed by atoms with Crippen LogP contribution in [0.5, 0.6) is 5.75 Å². The van der Waals surface area contributed by atoms with Gasteiger partial charge in [-0.15, -0.1) is 0 Å². The number of hydrogen-bond acceptors (Lipinski definition) is 5. The highest BCUT2D eigenvalue weighted by molar-refractivity contribution is 5.87. The fourth-order valence-electron chi connectivity index (χ4n) is 3.35. The molecule has 1 aromatic carbocycles. The van der Waals surface area contributed by atoms with Gasteiger partial charge in [0.15, 0.2) is 0 Å². The second-order valence-electron chi connectivity index (χ2n) is 7.02. The summed E-state index contributed by atoms with van der Waals surface area (Å²) in [5, 5.41) is 4.76. The van der Waals surface area contributed by atoms with Crippen molar-refractivity contribution >= 4 is 16.6 Å². The topological polar surface area (TPSA) is 73.1 Å². The van der Waals surface area contributed by atoms with E-state index in [2.05, 4.69) is 15.3 Å². The third-order valence-electron chi connectivity index (χ3n) is 4.97. The predicted octanol–water partition coefficient (Wildman–Crippen LogP) is 4.07. The monoisotopic (exact) mass is 406 g/mol. The molecule has 2 aromatic heterocycles. The molecular formula is C20H18F4N4O. The number of nitrogens with zero attached hydrogens (tertiary/aromatic N) is 2. The molecule has 0 radical (unpaired) electrons. The molecule has 4 rings (SSSR count). The van der Waals surface area contributed by atoms with Gasteiger partial charge in [-0.1, -0.05) is 0 Å². The number of benzene rings is 1. The summed E-state index contributed by atoms with van der Waals surface area (Å²) < 4.78 is 58.1. The highest BCUT2D eigenvalue weighted by Crippen LogP contribution is 2.32. The van der Waals surface area contributed by atoms with E-state index in [0.29, 0.717) is 36.2 Å². The fraction of sp³-hybridized carbons (Fsp3) is 0.300. The van der Waals surface area contributed by atoms with Crippen LogP contribution < -0.4 is 15.8 Å². The van der Waals surface area contributed by atoms with Crippen LogP contribution in [0.4, 0.5) is 23.4 Å². The minimum atomic E-state index is -4.51. The molecule has 5 nitrogen and oxygen atoms in total. The van der Waals surface area contributed by atoms with Gasteiger partial charge in [0, 0.05) is 42.0 Å². The highest BCUT2D eigenvalue weighted by atomic mass is 19.4. The summed E-state index contributed by atoms with van der Waals surface area (Å²) in [5.74, 6) is 0.120. The minimum Gasteiger partial charge on any atom is -0.490 e. The highest BCUT2D eigenvalue weighted by Gasteiger charge is 2.34. The van der Waals surface area contributed by atoms with E-state index in [1.54, 1.807) is 18.3 Å². The number of fused-ring (bicyclic) bond motifs is 1. The maximum absolute atomic E-state index is 14.3. The summed E-state index contributed by atoms with van der Waals surface area (Å²) in [7, 11) is 0. The molecule has 9 heteroatoms. The van der Waals surface area contributed by atoms with Crippen molar-refractivity contribution < 1.29 is 22.3 Å². The molecule has 0 amide bonds. The van der Waals surface area contributed by atoms with E-state index in [9.17, 15) is 17.6 Å². The van der Waals surface area contributed by atoms with Crippen molar-refractivity contribution in [1.29, 1.82) is 0 Å². The third-order valence-corrected chi connectivity index (χ3v) is 4.97. The van der Waals surface area contributed by atoms with Crippen LogP contribution in [-0.4, -0.2) is 22.1 Å². The Kier molecular flexibility index (Phi) is 4.99. The average Bonchev–Trinajstić information content (AvgIpc) is 2.64. The molecule has 0 spiro atoms. The first-order valence-electron chi connectivity index (χ1n) is 9.05. The Morgan fingerprint density at radius 1 is 1.14 bits per heavy atom. The largest absolute Gasteiger partial charge is 0.490 e. The third kappa shape index (κ3) is 4.24. The van der Waals surface area contributed by atoms with E-state index < -0.39 is 11.9 Å². The lowest BCUT2D eigenvalue weighted by atomic mass is 9.89. The molecule has 0 bridgehead atoms. The van der Waals surface area contributed by atoms with Gasteiger partial charge in [0.1, 0.15) is 29.2 Å². The number of nitrogen functional groups attached to an aromatic ring is 1. The van der Waals surface area contributed by atoms with Gasteiger partial charge in [-0.3, -0.25) is 4.98 Å². The zero-order chi connectivity index (χ0) is 20.6. The maximum atomic E-state index is 14.3. The number of anilines is 1. The quantitative estimate of drug-likeness (QED) is 0.625. The molecule has 1 fully saturated rings. The molecule has 3 aromatic rings. The van der Waals surface area contributed by atoms with Crippen molar-refractivity contribution in [2.75, 3.05) is 5.73 Å². The van der Waals surface area contributed by atoms with Gasteiger partial charge in [-0.05, 0) is 42.5 Å². The normalized spacial score (nSPS) is 19.2. The Hall–Kier alpha value is -2.94. The van der Waals surface area contributed by atoms with Crippen molar-refractivity contribution in [1.82, 2.24) is 15.3 Å². The molecule has 1 saturated carbocycles. The summed E-state index contributed by atoms with van der Waals surface area (Å²) in [5.41, 5.74) is 5.24. The van der Waals surface area contributed by atoms with Gasteiger partial charge in [0.05, 0.1) is 0 Å². The standard InChI is InChI=1S/C20H18F4N4O/c21-17-2-1-11-9-28-19(25)8-15(11)16(17)10-27-12-5-14(6-12)29-13-3-4-26-18(7-13)20(22,23)24/h1-4,7-9,12,14,27H,5-6,10H2,(H2,25,28)/t12-,14-. The van der Waals surface area contributed by atoms with Crippen LogP contribution in [0, 0.1) is 5.82 Å². The smallest absolute Gasteiger partial charge is 0.433 e. The van der Waals surface area contributed by atoms with Crippen molar-refractivity contribution in [3.8, 4) is 5.75 Å². The van der Waals surface area contributed by atoms with E-state index in [4.69, 9.17) is 10.5 Å². The number of alkyl halides is 3. The van der Waals surface area contributed by atoms with Crippen molar-refractivity contribution in [3.63, 3.8) is 0 Å². The van der Waals surface area contributed by atoms with Crippen LogP contribution >= 0.6 is 0 Å². The molecule has 0 saturated heterocycles. The molecule has 2 heterocycles. The molecular weight excluding hydrogens is 388 g/mol. The Labute approximate surface area is 163 Å². The van der Waals surface area contributed by atoms with Gasteiger partial charge < -0.3 is 15.8 Å². The Balaban J connectivity index is 1.35. The first kappa shape index (κ1) is 19.4. The van der Waals surface area contributed by atoms with Gasteiger partial charge >= 0.3 is 6.18 Å². The van der Waals surface area contributed by atoms with Gasteiger partial charge in [0.2, 0.25) is 0 Å². The van der Waals surface area contributed by atoms with E-state index in [1.165, 1.54) is 12.1 Å². The predicted molar refractivity (Wildman–Crippen MR) is 99.6 cm³/mol. The van der Waals surface area contributed by atoms with Crippen LogP contribution in [0.25, 0.3) is 10.8 Å². The molecule has 0 aliphatic heterocycles. The SMILES string of the molecule is Nc1cc2c(CN[C@H]3C[C@H](Oc4ccnc(C(F)(F)F)c4)C3)c(F)ccc2cn1. The zero-order valence-electron chi connectivity index (χ0n) is 15.2. The Morgan fingerprint density at radius 3 is 2.69 bits per heavy atom. The fourth-order valence-corrected chi connectivity index (χ4v) is 3.35. The van der Waals surface area contributed by atoms with Crippen molar-refractivity contribution in [3.05, 3.63) is 59.8 Å². The van der Waals surface area contributed by atoms with E-state index in [1.807, 2.05) is 0 Å². The maximum Gasteiger partial charge on any atom is 0.433 e. The lowest BCUT2D eigenvalue weighted by molar-refractivity contribution is -0.141. The number of rotatable bonds is 5. The summed E-state index contributed by atoms with van der Waals surface area (Å²) >= 11 is 0. The van der Waals surface area contributed by atoms with E-state index >= 15 is 0 Å². The Bertz CT molecular complexity index is 1030. The number of halogens is 4. The molecule has 29 heavy (non-hydrogen) atoms. The Morgan fingerprint density at radius 2 is 1.93 bits per heavy atom. The minimum absolute atomic E-state index is 0.0813. The van der Waals surface area contributed by atoms with Crippen molar-refractivity contribution in [2.45, 2.75) is 37.7 Å². The summed E-state index contributed by atoms with van der Waals surface area (Å²) in [6, 6.07) is 7.07. The molecule has 3 N–H and O–H groups in total. The van der Waals surface area contributed by atoms with Gasteiger partial charge in [0.25, 0.3) is 0 Å². The lowest BCUT2D eigenvalue weighted by Gasteiger charge is -2.36. The molecule has 152 valence electrons. The molecule has 0 atom stereocenters. The van der Waals surface area contributed by atoms with Crippen LogP contribution in [0.15, 0.2) is 42.7 Å². The number of ether oxygens (including phenoxy) is 1. The molecule has 1 aliphatic carbocycles. The summed E-state index contributed by atoms with van der Waals surface area (Å²) in [6.07, 6.45) is -0.807. The second kappa shape index (κ2) is 7.47. The number of pyridine rings is 2. The number of aromatic nitrogens is 2. The molecule has 1 aliphatic rings. The van der Waals surface area contributed by atoms with E-state index in [0.717, 1.165) is 17.6 Å². The van der Waals surface area contributed by atoms with Crippen LogP contribution in [-0.2, 0) is 12.7 Å². The summed E-state index contributed by atoms with van der Waals surface area (Å²) in [4.78, 5) is 7.33. The number of hydrogen-bond donors (Lipinski definition) is 2. The second-order valence-corrected chi connectivity index (χ2v) is 7.02. The van der Waals surface area contributed by atoms with Crippen molar-refractivity contribution in [2.24, 2.45) is 0 Å². The van der Waals surface area contributed by atoms with Crippen LogP contribution in [0.3, 0.4) is 0 Å². The van der Waals surface area contributed by atoms with Crippen LogP contribution in [0.2, 0.25) is 0 Å². The van der Waals surface area contributed by atoms with Gasteiger partial charge in [-0.2, -0.15) is 13.2 Å². The first-order valence-corrected chi connectivity index (χ1v) is 9.05. The van der Waals surface area contributed by atoms with E-state index in [-0.39, 0.29) is 23.7 Å². The number of nitrogens with two attached hydrogens (primary N) is 1. The first-order chi connectivity index (χ1) is 13.8. The summed E-state index contributed by atoms with van der Waals surface area (Å²) in [6.45, 7) is 0.303.